The van der Waals surface area contributed by atoms with Gasteiger partial charge in [-0.1, -0.05) is 6.07 Å². The summed E-state index contributed by atoms with van der Waals surface area (Å²) in [5.74, 6) is -1.93. The summed E-state index contributed by atoms with van der Waals surface area (Å²) in [5, 5.41) is 2.74. The van der Waals surface area contributed by atoms with Crippen molar-refractivity contribution >= 4 is 11.8 Å². The third-order valence-corrected chi connectivity index (χ3v) is 4.62. The van der Waals surface area contributed by atoms with Gasteiger partial charge in [0.1, 0.15) is 23.2 Å². The van der Waals surface area contributed by atoms with E-state index in [9.17, 15) is 18.4 Å². The van der Waals surface area contributed by atoms with Gasteiger partial charge in [0, 0.05) is 12.5 Å². The monoisotopic (exact) mass is 338 g/mol. The number of rotatable bonds is 4. The summed E-state index contributed by atoms with van der Waals surface area (Å²) in [5.41, 5.74) is -1.41. The molecule has 2 heterocycles. The van der Waals surface area contributed by atoms with E-state index < -0.39 is 29.1 Å². The van der Waals surface area contributed by atoms with Crippen LogP contribution in [0.1, 0.15) is 32.3 Å². The highest BCUT2D eigenvalue weighted by molar-refractivity contribution is 5.91. The molecule has 0 bridgehead atoms. The van der Waals surface area contributed by atoms with Crippen molar-refractivity contribution in [1.29, 1.82) is 0 Å². The van der Waals surface area contributed by atoms with Crippen molar-refractivity contribution in [3.8, 4) is 0 Å². The molecule has 24 heavy (non-hydrogen) atoms. The van der Waals surface area contributed by atoms with E-state index in [2.05, 4.69) is 5.32 Å². The van der Waals surface area contributed by atoms with Gasteiger partial charge >= 0.3 is 0 Å². The van der Waals surface area contributed by atoms with E-state index in [4.69, 9.17) is 4.74 Å². The highest BCUT2D eigenvalue weighted by Gasteiger charge is 2.48. The minimum Gasteiger partial charge on any atom is -0.376 e. The Morgan fingerprint density at radius 3 is 2.46 bits per heavy atom. The molecule has 0 radical (unpaired) electrons. The molecule has 0 saturated carbocycles. The molecule has 0 unspecified atom stereocenters. The summed E-state index contributed by atoms with van der Waals surface area (Å²) >= 11 is 0. The van der Waals surface area contributed by atoms with Crippen molar-refractivity contribution < 1.29 is 23.1 Å². The lowest BCUT2D eigenvalue weighted by molar-refractivity contribution is -0.144. The van der Waals surface area contributed by atoms with E-state index in [0.29, 0.717) is 12.8 Å². The predicted octanol–water partition coefficient (Wildman–Crippen LogP) is 1.71. The van der Waals surface area contributed by atoms with Gasteiger partial charge in [-0.2, -0.15) is 0 Å². The number of hydrogen-bond acceptors (Lipinski definition) is 3. The maximum absolute atomic E-state index is 14.1. The topological polar surface area (TPSA) is 58.6 Å². The second-order valence-electron chi connectivity index (χ2n) is 6.61. The van der Waals surface area contributed by atoms with Crippen LogP contribution in [0.3, 0.4) is 0 Å². The minimum absolute atomic E-state index is 0.00105. The van der Waals surface area contributed by atoms with Crippen LogP contribution >= 0.6 is 0 Å². The van der Waals surface area contributed by atoms with Crippen molar-refractivity contribution in [2.75, 3.05) is 13.2 Å². The summed E-state index contributed by atoms with van der Waals surface area (Å²) < 4.78 is 33.4. The van der Waals surface area contributed by atoms with Crippen molar-refractivity contribution in [2.45, 2.75) is 44.3 Å². The Bertz CT molecular complexity index is 654. The molecule has 0 spiro atoms. The average molecular weight is 338 g/mol. The fraction of sp³-hybridized carbons (Fsp3) is 0.529. The van der Waals surface area contributed by atoms with Gasteiger partial charge in [-0.15, -0.1) is 0 Å². The van der Waals surface area contributed by atoms with Crippen molar-refractivity contribution in [3.05, 3.63) is 35.4 Å². The molecule has 0 aromatic heterocycles. The Hall–Kier alpha value is -2.02. The summed E-state index contributed by atoms with van der Waals surface area (Å²) in [6.07, 6.45) is 0.702. The number of hydrogen-bond donors (Lipinski definition) is 1. The Balaban J connectivity index is 1.86. The molecule has 2 aliphatic rings. The van der Waals surface area contributed by atoms with Crippen molar-refractivity contribution in [3.63, 3.8) is 0 Å². The first-order valence-corrected chi connectivity index (χ1v) is 8.01. The number of carbonyl (C=O) groups excluding carboxylic acids is 2. The number of nitrogens with one attached hydrogen (secondary N) is 1. The second-order valence-corrected chi connectivity index (χ2v) is 6.61. The van der Waals surface area contributed by atoms with Crippen LogP contribution in [0.4, 0.5) is 8.78 Å². The zero-order chi connectivity index (χ0) is 17.5. The molecule has 130 valence electrons. The van der Waals surface area contributed by atoms with E-state index >= 15 is 0 Å². The van der Waals surface area contributed by atoms with Crippen LogP contribution in [-0.2, 0) is 19.9 Å². The molecule has 1 aromatic carbocycles. The first-order chi connectivity index (χ1) is 11.4. The lowest BCUT2D eigenvalue weighted by Crippen LogP contribution is -2.63. The van der Waals surface area contributed by atoms with Crippen LogP contribution in [0, 0.1) is 11.6 Å². The van der Waals surface area contributed by atoms with E-state index in [1.54, 1.807) is 0 Å². The molecule has 3 rings (SSSR count). The molecular weight excluding hydrogens is 318 g/mol. The third kappa shape index (κ3) is 2.66. The van der Waals surface area contributed by atoms with Crippen LogP contribution in [-0.4, -0.2) is 42.0 Å². The standard InChI is InChI=1S/C17H20F2N2O3/c1-10(2)21-13(6-7-14(21)22)16(23)20-17(8-24-9-17)15-11(18)4-3-5-12(15)19/h3-5,10,13H,6-9H2,1-2H3,(H,20,23)/t13-/m0/s1. The average Bonchev–Trinajstić information content (AvgIpc) is 2.86. The van der Waals surface area contributed by atoms with Gasteiger partial charge in [0.2, 0.25) is 11.8 Å². The number of ether oxygens (including phenoxy) is 1. The zero-order valence-electron chi connectivity index (χ0n) is 13.6. The number of likely N-dealkylation sites (tertiary alicyclic amines) is 1. The van der Waals surface area contributed by atoms with Crippen LogP contribution in [0.15, 0.2) is 18.2 Å². The number of amides is 2. The Labute approximate surface area is 139 Å². The lowest BCUT2D eigenvalue weighted by atomic mass is 9.86. The third-order valence-electron chi connectivity index (χ3n) is 4.62. The van der Waals surface area contributed by atoms with Gasteiger partial charge < -0.3 is 15.0 Å². The molecule has 1 atom stereocenters. The van der Waals surface area contributed by atoms with Crippen LogP contribution in [0.25, 0.3) is 0 Å². The smallest absolute Gasteiger partial charge is 0.243 e. The molecule has 5 nitrogen and oxygen atoms in total. The maximum atomic E-state index is 14.1. The van der Waals surface area contributed by atoms with Crippen LogP contribution in [0.2, 0.25) is 0 Å². The molecule has 0 aliphatic carbocycles. The van der Waals surface area contributed by atoms with Crippen molar-refractivity contribution in [1.82, 2.24) is 10.2 Å². The molecular formula is C17H20F2N2O3. The minimum atomic E-state index is -1.22. The predicted molar refractivity (Wildman–Crippen MR) is 82.0 cm³/mol. The first kappa shape index (κ1) is 16.8. The summed E-state index contributed by atoms with van der Waals surface area (Å²) in [6.45, 7) is 3.67. The summed E-state index contributed by atoms with van der Waals surface area (Å²) in [6, 6.07) is 2.85. The molecule has 2 saturated heterocycles. The normalized spacial score (nSPS) is 22.6. The highest BCUT2D eigenvalue weighted by atomic mass is 19.1. The van der Waals surface area contributed by atoms with Gasteiger partial charge in [0.05, 0.1) is 18.8 Å². The van der Waals surface area contributed by atoms with E-state index in [1.165, 1.54) is 11.0 Å². The zero-order valence-corrected chi connectivity index (χ0v) is 13.6. The molecule has 2 amide bonds. The number of nitrogens with zero attached hydrogens (tertiary/aromatic N) is 1. The number of carbonyl (C=O) groups is 2. The molecule has 2 fully saturated rings. The Kier molecular flexibility index (Phi) is 4.29. The van der Waals surface area contributed by atoms with Gasteiger partial charge in [-0.25, -0.2) is 8.78 Å². The van der Waals surface area contributed by atoms with Gasteiger partial charge in [0.15, 0.2) is 0 Å². The molecule has 2 aliphatic heterocycles. The lowest BCUT2D eigenvalue weighted by Gasteiger charge is -2.43. The Morgan fingerprint density at radius 2 is 1.96 bits per heavy atom. The van der Waals surface area contributed by atoms with Gasteiger partial charge in [-0.3, -0.25) is 9.59 Å². The van der Waals surface area contributed by atoms with E-state index in [-0.39, 0.29) is 30.7 Å². The number of benzene rings is 1. The number of halogens is 2. The molecule has 7 heteroatoms. The molecule has 1 aromatic rings. The quantitative estimate of drug-likeness (QED) is 0.909. The van der Waals surface area contributed by atoms with Crippen LogP contribution < -0.4 is 5.32 Å². The second kappa shape index (κ2) is 6.12. The highest BCUT2D eigenvalue weighted by Crippen LogP contribution is 2.34. The van der Waals surface area contributed by atoms with Crippen molar-refractivity contribution in [2.24, 2.45) is 0 Å². The van der Waals surface area contributed by atoms with Gasteiger partial charge in [0.25, 0.3) is 0 Å². The first-order valence-electron chi connectivity index (χ1n) is 8.01. The summed E-state index contributed by atoms with van der Waals surface area (Å²) in [7, 11) is 0. The fourth-order valence-corrected chi connectivity index (χ4v) is 3.47. The SMILES string of the molecule is CC(C)N1C(=O)CC[C@H]1C(=O)NC1(c2c(F)cccc2F)COC1. The Morgan fingerprint density at radius 1 is 1.33 bits per heavy atom. The van der Waals surface area contributed by atoms with E-state index in [0.717, 1.165) is 12.1 Å². The van der Waals surface area contributed by atoms with Gasteiger partial charge in [-0.05, 0) is 32.4 Å². The fourth-order valence-electron chi connectivity index (χ4n) is 3.47. The van der Waals surface area contributed by atoms with Crippen LogP contribution in [0.5, 0.6) is 0 Å². The summed E-state index contributed by atoms with van der Waals surface area (Å²) in [4.78, 5) is 26.2. The maximum Gasteiger partial charge on any atom is 0.243 e. The van der Waals surface area contributed by atoms with E-state index in [1.807, 2.05) is 13.8 Å². The molecule has 1 N–H and O–H groups in total. The largest absolute Gasteiger partial charge is 0.376 e.